The zero-order valence-electron chi connectivity index (χ0n) is 15.0. The summed E-state index contributed by atoms with van der Waals surface area (Å²) in [6.45, 7) is 1.16. The number of benzene rings is 2. The summed E-state index contributed by atoms with van der Waals surface area (Å²) in [7, 11) is 0. The Morgan fingerprint density at radius 3 is 2.36 bits per heavy atom. The van der Waals surface area contributed by atoms with Crippen LogP contribution in [0.4, 0.5) is 17.1 Å². The first kappa shape index (κ1) is 19.8. The number of nitrogens with zero attached hydrogens (tertiary/aromatic N) is 2. The van der Waals surface area contributed by atoms with E-state index in [2.05, 4.69) is 26.6 Å². The monoisotopic (exact) mass is 446 g/mol. The predicted octanol–water partition coefficient (Wildman–Crippen LogP) is 3.64. The van der Waals surface area contributed by atoms with E-state index in [-0.39, 0.29) is 29.6 Å². The van der Waals surface area contributed by atoms with Gasteiger partial charge in [0.15, 0.2) is 0 Å². The van der Waals surface area contributed by atoms with Gasteiger partial charge in [0, 0.05) is 35.0 Å². The number of hydrogen-bond donors (Lipinski definition) is 2. The van der Waals surface area contributed by atoms with Gasteiger partial charge >= 0.3 is 0 Å². The Kier molecular flexibility index (Phi) is 6.25. The van der Waals surface area contributed by atoms with E-state index in [0.29, 0.717) is 24.5 Å². The molecule has 0 aliphatic carbocycles. The van der Waals surface area contributed by atoms with Gasteiger partial charge in [0.05, 0.1) is 11.5 Å². The number of rotatable bonds is 6. The Labute approximate surface area is 170 Å². The average Bonchev–Trinajstić information content (AvgIpc) is 3.22. The van der Waals surface area contributed by atoms with E-state index >= 15 is 0 Å². The highest BCUT2D eigenvalue weighted by Gasteiger charge is 2.27. The Morgan fingerprint density at radius 1 is 1.07 bits per heavy atom. The molecule has 3 rings (SSSR count). The van der Waals surface area contributed by atoms with Crippen LogP contribution >= 0.6 is 15.9 Å². The Morgan fingerprint density at radius 2 is 1.71 bits per heavy atom. The number of hydrogen-bond acceptors (Lipinski definition) is 5. The highest BCUT2D eigenvalue weighted by molar-refractivity contribution is 9.10. The van der Waals surface area contributed by atoms with Crippen molar-refractivity contribution in [3.63, 3.8) is 0 Å². The zero-order chi connectivity index (χ0) is 20.1. The van der Waals surface area contributed by atoms with E-state index in [4.69, 9.17) is 0 Å². The fourth-order valence-corrected chi connectivity index (χ4v) is 3.25. The summed E-state index contributed by atoms with van der Waals surface area (Å²) in [5.41, 5.74) is 0.926. The van der Waals surface area contributed by atoms with E-state index in [9.17, 15) is 19.7 Å². The molecule has 8 nitrogen and oxygen atoms in total. The SMILES string of the molecule is O=C(CNc1ccc([N+](=O)[O-])c(C(=O)N2CCCC2)c1)Nc1ccc(Br)cc1. The molecule has 0 unspecified atom stereocenters. The van der Waals surface area contributed by atoms with Gasteiger partial charge in [-0.2, -0.15) is 0 Å². The summed E-state index contributed by atoms with van der Waals surface area (Å²) in [5, 5.41) is 17.0. The number of anilines is 2. The van der Waals surface area contributed by atoms with Crippen LogP contribution in [-0.2, 0) is 4.79 Å². The number of nitro benzene ring substituents is 1. The number of amides is 2. The summed E-state index contributed by atoms with van der Waals surface area (Å²) in [6, 6.07) is 11.4. The third-order valence-corrected chi connectivity index (χ3v) is 4.93. The normalized spacial score (nSPS) is 13.2. The van der Waals surface area contributed by atoms with Gasteiger partial charge in [-0.1, -0.05) is 15.9 Å². The molecule has 0 atom stereocenters. The van der Waals surface area contributed by atoms with Gasteiger partial charge in [-0.3, -0.25) is 19.7 Å². The van der Waals surface area contributed by atoms with Crippen molar-refractivity contribution in [3.8, 4) is 0 Å². The standard InChI is InChI=1S/C19H19BrN4O4/c20-13-3-5-14(6-4-13)22-18(25)12-21-15-7-8-17(24(27)28)16(11-15)19(26)23-9-1-2-10-23/h3-8,11,21H,1-2,9-10,12H2,(H,22,25). The van der Waals surface area contributed by atoms with Crippen molar-refractivity contribution < 1.29 is 14.5 Å². The van der Waals surface area contributed by atoms with Gasteiger partial charge < -0.3 is 15.5 Å². The van der Waals surface area contributed by atoms with Crippen molar-refractivity contribution >= 4 is 44.8 Å². The maximum atomic E-state index is 12.6. The molecule has 2 amide bonds. The summed E-state index contributed by atoms with van der Waals surface area (Å²) >= 11 is 3.33. The highest BCUT2D eigenvalue weighted by Crippen LogP contribution is 2.25. The van der Waals surface area contributed by atoms with Gasteiger partial charge in [-0.05, 0) is 49.2 Å². The molecule has 1 fully saturated rings. The zero-order valence-corrected chi connectivity index (χ0v) is 16.6. The number of nitrogens with one attached hydrogen (secondary N) is 2. The average molecular weight is 447 g/mol. The van der Waals surface area contributed by atoms with Crippen LogP contribution in [0, 0.1) is 10.1 Å². The minimum atomic E-state index is -0.562. The topological polar surface area (TPSA) is 105 Å². The van der Waals surface area contributed by atoms with Crippen LogP contribution in [0.25, 0.3) is 0 Å². The van der Waals surface area contributed by atoms with E-state index < -0.39 is 4.92 Å². The lowest BCUT2D eigenvalue weighted by Gasteiger charge is -2.16. The summed E-state index contributed by atoms with van der Waals surface area (Å²) in [4.78, 5) is 37.1. The molecule has 1 aliphatic rings. The van der Waals surface area contributed by atoms with Gasteiger partial charge in [-0.25, -0.2) is 0 Å². The second-order valence-electron chi connectivity index (χ2n) is 6.40. The second-order valence-corrected chi connectivity index (χ2v) is 7.31. The third kappa shape index (κ3) is 4.86. The molecule has 146 valence electrons. The first-order chi connectivity index (χ1) is 13.4. The third-order valence-electron chi connectivity index (χ3n) is 4.40. The van der Waals surface area contributed by atoms with Crippen molar-refractivity contribution in [1.82, 2.24) is 4.90 Å². The molecule has 1 aliphatic heterocycles. The van der Waals surface area contributed by atoms with Crippen LogP contribution in [-0.4, -0.2) is 41.3 Å². The van der Waals surface area contributed by atoms with E-state index in [1.165, 1.54) is 18.2 Å². The Balaban J connectivity index is 1.68. The summed E-state index contributed by atoms with van der Waals surface area (Å²) in [5.74, 6) is -0.625. The lowest BCUT2D eigenvalue weighted by atomic mass is 10.1. The van der Waals surface area contributed by atoms with E-state index in [0.717, 1.165) is 17.3 Å². The quantitative estimate of drug-likeness (QED) is 0.520. The van der Waals surface area contributed by atoms with Crippen molar-refractivity contribution in [2.24, 2.45) is 0 Å². The molecule has 0 saturated carbocycles. The first-order valence-electron chi connectivity index (χ1n) is 8.81. The van der Waals surface area contributed by atoms with E-state index in [1.807, 2.05) is 12.1 Å². The van der Waals surface area contributed by atoms with Crippen LogP contribution in [0.15, 0.2) is 46.9 Å². The van der Waals surface area contributed by atoms with Gasteiger partial charge in [0.25, 0.3) is 11.6 Å². The molecular formula is C19H19BrN4O4. The first-order valence-corrected chi connectivity index (χ1v) is 9.60. The largest absolute Gasteiger partial charge is 0.376 e. The molecule has 1 saturated heterocycles. The number of halogens is 1. The molecule has 0 spiro atoms. The Hall–Kier alpha value is -2.94. The molecule has 2 aromatic carbocycles. The molecule has 0 radical (unpaired) electrons. The molecule has 2 N–H and O–H groups in total. The molecule has 2 aromatic rings. The number of likely N-dealkylation sites (tertiary alicyclic amines) is 1. The maximum absolute atomic E-state index is 12.6. The highest BCUT2D eigenvalue weighted by atomic mass is 79.9. The molecule has 0 aromatic heterocycles. The second kappa shape index (κ2) is 8.83. The van der Waals surface area contributed by atoms with Crippen LogP contribution in [0.3, 0.4) is 0 Å². The Bertz CT molecular complexity index is 895. The van der Waals surface area contributed by atoms with E-state index in [1.54, 1.807) is 17.0 Å². The smallest absolute Gasteiger partial charge is 0.282 e. The van der Waals surface area contributed by atoms with Crippen molar-refractivity contribution in [2.45, 2.75) is 12.8 Å². The molecule has 28 heavy (non-hydrogen) atoms. The molecule has 0 bridgehead atoms. The van der Waals surface area contributed by atoms with Crippen molar-refractivity contribution in [3.05, 3.63) is 62.6 Å². The van der Waals surface area contributed by atoms with Crippen LogP contribution in [0.1, 0.15) is 23.2 Å². The van der Waals surface area contributed by atoms with Gasteiger partial charge in [0.1, 0.15) is 5.56 Å². The summed E-state index contributed by atoms with van der Waals surface area (Å²) < 4.78 is 0.907. The fourth-order valence-electron chi connectivity index (χ4n) is 2.99. The maximum Gasteiger partial charge on any atom is 0.282 e. The van der Waals surface area contributed by atoms with Crippen molar-refractivity contribution in [2.75, 3.05) is 30.3 Å². The molecule has 9 heteroatoms. The minimum absolute atomic E-state index is 0.0326. The lowest BCUT2D eigenvalue weighted by Crippen LogP contribution is -2.28. The minimum Gasteiger partial charge on any atom is -0.376 e. The van der Waals surface area contributed by atoms with Gasteiger partial charge in [-0.15, -0.1) is 0 Å². The lowest BCUT2D eigenvalue weighted by molar-refractivity contribution is -0.385. The number of nitro groups is 1. The van der Waals surface area contributed by atoms with Crippen molar-refractivity contribution in [1.29, 1.82) is 0 Å². The molecule has 1 heterocycles. The van der Waals surface area contributed by atoms with Crippen LogP contribution in [0.5, 0.6) is 0 Å². The van der Waals surface area contributed by atoms with Gasteiger partial charge in [0.2, 0.25) is 5.91 Å². The fraction of sp³-hybridized carbons (Fsp3) is 0.263. The number of carbonyl (C=O) groups is 2. The van der Waals surface area contributed by atoms with Crippen LogP contribution in [0.2, 0.25) is 0 Å². The predicted molar refractivity (Wildman–Crippen MR) is 109 cm³/mol. The molecular weight excluding hydrogens is 428 g/mol. The summed E-state index contributed by atoms with van der Waals surface area (Å²) in [6.07, 6.45) is 1.79. The van der Waals surface area contributed by atoms with Crippen LogP contribution < -0.4 is 10.6 Å². The number of carbonyl (C=O) groups excluding carboxylic acids is 2.